The van der Waals surface area contributed by atoms with Crippen molar-refractivity contribution >= 4 is 24.1 Å². The van der Waals surface area contributed by atoms with Gasteiger partial charge in [0.15, 0.2) is 0 Å². The molecule has 46 heavy (non-hydrogen) atoms. The van der Waals surface area contributed by atoms with Gasteiger partial charge in [0.1, 0.15) is 29.9 Å². The van der Waals surface area contributed by atoms with Crippen molar-refractivity contribution in [1.82, 2.24) is 15.5 Å². The summed E-state index contributed by atoms with van der Waals surface area (Å²) >= 11 is 0. The van der Waals surface area contributed by atoms with Crippen molar-refractivity contribution in [1.29, 1.82) is 0 Å². The number of alkyl carbamates (subject to hydrolysis) is 1. The number of likely N-dealkylation sites (tertiary alicyclic amines) is 1. The molecule has 0 spiro atoms. The standard InChI is InChI=1S/C35H49N3O8/c1-34(2,3)45-31(40)28(19-13-14-20-36-32(41)44-24-26-17-11-8-12-18-26)37-30(39)29-21-27(43-23-25-15-9-7-10-16-25)22-38(29)33(42)46-35(4,5)6/h7-12,15-18,27-29H,13-14,19-24H2,1-6H3,(H,36,41)(H,37,39)/t27-,28+,29?/m1/s1. The summed E-state index contributed by atoms with van der Waals surface area (Å²) in [7, 11) is 0. The van der Waals surface area contributed by atoms with Gasteiger partial charge in [-0.3, -0.25) is 9.69 Å². The maximum Gasteiger partial charge on any atom is 0.411 e. The molecular formula is C35H49N3O8. The normalized spacial score (nSPS) is 17.1. The van der Waals surface area contributed by atoms with Crippen molar-refractivity contribution in [2.75, 3.05) is 13.1 Å². The van der Waals surface area contributed by atoms with E-state index < -0.39 is 53.5 Å². The Hall–Kier alpha value is -4.12. The zero-order chi connectivity index (χ0) is 33.7. The number of rotatable bonds is 13. The third kappa shape index (κ3) is 13.1. The van der Waals surface area contributed by atoms with E-state index in [0.717, 1.165) is 11.1 Å². The molecule has 1 aliphatic heterocycles. The first-order chi connectivity index (χ1) is 21.7. The van der Waals surface area contributed by atoms with Crippen molar-refractivity contribution in [3.05, 3.63) is 71.8 Å². The molecule has 11 nitrogen and oxygen atoms in total. The monoisotopic (exact) mass is 639 g/mol. The van der Waals surface area contributed by atoms with Crippen LogP contribution in [0.4, 0.5) is 9.59 Å². The molecule has 0 bridgehead atoms. The lowest BCUT2D eigenvalue weighted by molar-refractivity contribution is -0.159. The smallest absolute Gasteiger partial charge is 0.411 e. The third-order valence-corrected chi connectivity index (χ3v) is 6.93. The molecular weight excluding hydrogens is 590 g/mol. The molecule has 0 radical (unpaired) electrons. The number of benzene rings is 2. The van der Waals surface area contributed by atoms with Crippen LogP contribution in [0.3, 0.4) is 0 Å². The number of unbranched alkanes of at least 4 members (excludes halogenated alkanes) is 1. The molecule has 1 fully saturated rings. The molecule has 0 aromatic heterocycles. The molecule has 1 aliphatic rings. The van der Waals surface area contributed by atoms with Crippen molar-refractivity contribution in [3.8, 4) is 0 Å². The maximum atomic E-state index is 13.7. The van der Waals surface area contributed by atoms with Crippen LogP contribution in [0.5, 0.6) is 0 Å². The van der Waals surface area contributed by atoms with Gasteiger partial charge in [-0.1, -0.05) is 60.7 Å². The van der Waals surface area contributed by atoms with Crippen LogP contribution in [0.15, 0.2) is 60.7 Å². The van der Waals surface area contributed by atoms with E-state index in [-0.39, 0.29) is 26.0 Å². The predicted octanol–water partition coefficient (Wildman–Crippen LogP) is 5.50. The van der Waals surface area contributed by atoms with E-state index in [1.807, 2.05) is 60.7 Å². The van der Waals surface area contributed by atoms with Gasteiger partial charge in [0.25, 0.3) is 0 Å². The first-order valence-electron chi connectivity index (χ1n) is 15.8. The Balaban J connectivity index is 1.60. The van der Waals surface area contributed by atoms with Crippen LogP contribution >= 0.6 is 0 Å². The SMILES string of the molecule is CC(C)(C)OC(=O)[C@H](CCCCNC(=O)OCc1ccccc1)NC(=O)C1C[C@@H](OCc2ccccc2)CN1C(=O)OC(C)(C)C. The van der Waals surface area contributed by atoms with Crippen LogP contribution in [0.2, 0.25) is 0 Å². The number of hydrogen-bond acceptors (Lipinski definition) is 8. The number of ether oxygens (including phenoxy) is 4. The summed E-state index contributed by atoms with van der Waals surface area (Å²) < 4.78 is 22.5. The van der Waals surface area contributed by atoms with Gasteiger partial charge < -0.3 is 29.6 Å². The molecule has 1 unspecified atom stereocenters. The lowest BCUT2D eigenvalue weighted by Crippen LogP contribution is -2.52. The van der Waals surface area contributed by atoms with Crippen molar-refractivity contribution < 1.29 is 38.1 Å². The van der Waals surface area contributed by atoms with E-state index in [2.05, 4.69) is 10.6 Å². The lowest BCUT2D eigenvalue weighted by Gasteiger charge is -2.29. The fourth-order valence-corrected chi connectivity index (χ4v) is 4.81. The largest absolute Gasteiger partial charge is 0.458 e. The van der Waals surface area contributed by atoms with E-state index in [9.17, 15) is 19.2 Å². The van der Waals surface area contributed by atoms with Gasteiger partial charge in [0, 0.05) is 13.0 Å². The van der Waals surface area contributed by atoms with Crippen LogP contribution in [-0.4, -0.2) is 71.4 Å². The van der Waals surface area contributed by atoms with E-state index in [4.69, 9.17) is 18.9 Å². The van der Waals surface area contributed by atoms with Crippen molar-refractivity contribution in [2.45, 2.75) is 110 Å². The minimum Gasteiger partial charge on any atom is -0.458 e. The first kappa shape index (κ1) is 36.3. The van der Waals surface area contributed by atoms with E-state index in [1.54, 1.807) is 41.5 Å². The summed E-state index contributed by atoms with van der Waals surface area (Å²) in [6, 6.07) is 17.2. The minimum absolute atomic E-state index is 0.166. The number of hydrogen-bond donors (Lipinski definition) is 2. The Morgan fingerprint density at radius 1 is 0.826 bits per heavy atom. The van der Waals surface area contributed by atoms with E-state index in [1.165, 1.54) is 4.90 Å². The molecule has 2 N–H and O–H groups in total. The van der Waals surface area contributed by atoms with Gasteiger partial charge >= 0.3 is 18.2 Å². The Morgan fingerprint density at radius 2 is 1.41 bits per heavy atom. The second-order valence-electron chi connectivity index (χ2n) is 13.4. The Kier molecular flexibility index (Phi) is 13.4. The highest BCUT2D eigenvalue weighted by Crippen LogP contribution is 2.25. The molecule has 2 aromatic carbocycles. The predicted molar refractivity (Wildman–Crippen MR) is 173 cm³/mol. The minimum atomic E-state index is -0.957. The molecule has 11 heteroatoms. The summed E-state index contributed by atoms with van der Waals surface area (Å²) in [6.45, 7) is 11.5. The van der Waals surface area contributed by atoms with Crippen LogP contribution in [0, 0.1) is 0 Å². The molecule has 1 heterocycles. The van der Waals surface area contributed by atoms with Crippen LogP contribution in [0.25, 0.3) is 0 Å². The zero-order valence-corrected chi connectivity index (χ0v) is 27.9. The van der Waals surface area contributed by atoms with E-state index in [0.29, 0.717) is 26.0 Å². The topological polar surface area (TPSA) is 132 Å². The number of nitrogens with one attached hydrogen (secondary N) is 2. The van der Waals surface area contributed by atoms with Crippen LogP contribution in [-0.2, 0) is 41.8 Å². The first-order valence-corrected chi connectivity index (χ1v) is 15.8. The zero-order valence-electron chi connectivity index (χ0n) is 27.9. The highest BCUT2D eigenvalue weighted by molar-refractivity contribution is 5.90. The molecule has 3 rings (SSSR count). The molecule has 0 saturated carbocycles. The number of nitrogens with zero attached hydrogens (tertiary/aromatic N) is 1. The number of carbonyl (C=O) groups excluding carboxylic acids is 4. The van der Waals surface area contributed by atoms with Crippen molar-refractivity contribution in [2.24, 2.45) is 0 Å². The van der Waals surface area contributed by atoms with Gasteiger partial charge in [0.2, 0.25) is 5.91 Å². The summed E-state index contributed by atoms with van der Waals surface area (Å²) in [4.78, 5) is 53.5. The fraction of sp³-hybridized carbons (Fsp3) is 0.543. The second-order valence-corrected chi connectivity index (χ2v) is 13.4. The molecule has 0 aliphatic carbocycles. The number of carbonyl (C=O) groups is 4. The number of esters is 1. The Labute approximate surface area is 272 Å². The highest BCUT2D eigenvalue weighted by Gasteiger charge is 2.43. The van der Waals surface area contributed by atoms with Crippen molar-refractivity contribution in [3.63, 3.8) is 0 Å². The molecule has 252 valence electrons. The summed E-state index contributed by atoms with van der Waals surface area (Å²) in [6.07, 6.45) is -0.00474. The van der Waals surface area contributed by atoms with Gasteiger partial charge in [-0.15, -0.1) is 0 Å². The van der Waals surface area contributed by atoms with Gasteiger partial charge in [-0.25, -0.2) is 14.4 Å². The Morgan fingerprint density at radius 3 is 2.00 bits per heavy atom. The summed E-state index contributed by atoms with van der Waals surface area (Å²) in [5.74, 6) is -1.06. The average molecular weight is 640 g/mol. The van der Waals surface area contributed by atoms with Gasteiger partial charge in [0.05, 0.1) is 19.3 Å². The maximum absolute atomic E-state index is 13.7. The average Bonchev–Trinajstić information content (AvgIpc) is 3.42. The molecule has 3 amide bonds. The summed E-state index contributed by atoms with van der Waals surface area (Å²) in [5.41, 5.74) is 0.330. The van der Waals surface area contributed by atoms with Gasteiger partial charge in [-0.2, -0.15) is 0 Å². The second kappa shape index (κ2) is 17.0. The van der Waals surface area contributed by atoms with E-state index >= 15 is 0 Å². The number of amides is 3. The van der Waals surface area contributed by atoms with Gasteiger partial charge in [-0.05, 0) is 71.9 Å². The molecule has 1 saturated heterocycles. The highest BCUT2D eigenvalue weighted by atomic mass is 16.6. The molecule has 2 aromatic rings. The third-order valence-electron chi connectivity index (χ3n) is 6.93. The van der Waals surface area contributed by atoms with Crippen LogP contribution in [0.1, 0.15) is 78.4 Å². The lowest BCUT2D eigenvalue weighted by atomic mass is 10.1. The summed E-state index contributed by atoms with van der Waals surface area (Å²) in [5, 5.41) is 5.54. The Bertz CT molecular complexity index is 1270. The molecule has 3 atom stereocenters. The quantitative estimate of drug-likeness (QED) is 0.167. The van der Waals surface area contributed by atoms with Crippen LogP contribution < -0.4 is 10.6 Å². The fourth-order valence-electron chi connectivity index (χ4n) is 4.81.